The van der Waals surface area contributed by atoms with Crippen molar-refractivity contribution in [1.82, 2.24) is 0 Å². The lowest BCUT2D eigenvalue weighted by Gasteiger charge is -2.42. The summed E-state index contributed by atoms with van der Waals surface area (Å²) in [6.45, 7) is 2.29. The van der Waals surface area contributed by atoms with Crippen LogP contribution in [0.25, 0.3) is 0 Å². The molecule has 3 rings (SSSR count). The van der Waals surface area contributed by atoms with Crippen LogP contribution < -0.4 is 10.6 Å². The molecule has 1 aliphatic carbocycles. The van der Waals surface area contributed by atoms with E-state index in [9.17, 15) is 0 Å². The fourth-order valence-electron chi connectivity index (χ4n) is 3.68. The van der Waals surface area contributed by atoms with E-state index in [0.717, 1.165) is 24.9 Å². The first-order chi connectivity index (χ1) is 9.28. The Balaban J connectivity index is 1.76. The van der Waals surface area contributed by atoms with Gasteiger partial charge in [-0.2, -0.15) is 5.26 Å². The van der Waals surface area contributed by atoms with Crippen LogP contribution in [0.5, 0.6) is 0 Å². The van der Waals surface area contributed by atoms with Gasteiger partial charge in [0.25, 0.3) is 0 Å². The van der Waals surface area contributed by atoms with Crippen LogP contribution in [-0.4, -0.2) is 13.1 Å². The number of anilines is 2. The van der Waals surface area contributed by atoms with Crippen LogP contribution in [0.4, 0.5) is 11.4 Å². The summed E-state index contributed by atoms with van der Waals surface area (Å²) in [7, 11) is 0. The van der Waals surface area contributed by atoms with Crippen molar-refractivity contribution in [2.75, 3.05) is 23.7 Å². The summed E-state index contributed by atoms with van der Waals surface area (Å²) in [5, 5.41) is 8.93. The van der Waals surface area contributed by atoms with Crippen molar-refractivity contribution in [3.63, 3.8) is 0 Å². The van der Waals surface area contributed by atoms with Gasteiger partial charge in [-0.1, -0.05) is 19.3 Å². The minimum Gasteiger partial charge on any atom is -0.398 e. The molecule has 0 radical (unpaired) electrons. The van der Waals surface area contributed by atoms with Crippen molar-refractivity contribution >= 4 is 11.4 Å². The van der Waals surface area contributed by atoms with Gasteiger partial charge < -0.3 is 10.6 Å². The van der Waals surface area contributed by atoms with Gasteiger partial charge in [0.15, 0.2) is 0 Å². The quantitative estimate of drug-likeness (QED) is 0.784. The highest BCUT2D eigenvalue weighted by molar-refractivity contribution is 5.63. The van der Waals surface area contributed by atoms with E-state index in [0.29, 0.717) is 11.3 Å². The van der Waals surface area contributed by atoms with Crippen molar-refractivity contribution < 1.29 is 0 Å². The van der Waals surface area contributed by atoms with Gasteiger partial charge in [-0.05, 0) is 42.9 Å². The summed E-state index contributed by atoms with van der Waals surface area (Å²) < 4.78 is 0. The van der Waals surface area contributed by atoms with E-state index in [1.54, 1.807) is 0 Å². The fraction of sp³-hybridized carbons (Fsp3) is 0.562. The number of nitrogen functional groups attached to an aromatic ring is 1. The Labute approximate surface area is 115 Å². The standard InChI is InChI=1S/C16H21N3/c17-10-13-5-6-15(9-16(13)18)19-8-7-12-3-1-2-4-14(12)11-19/h5-6,9,12,14H,1-4,7-8,11,18H2. The third-order valence-corrected chi connectivity index (χ3v) is 4.81. The Kier molecular flexibility index (Phi) is 3.33. The van der Waals surface area contributed by atoms with Crippen LogP contribution in [0.2, 0.25) is 0 Å². The molecule has 19 heavy (non-hydrogen) atoms. The van der Waals surface area contributed by atoms with Crippen LogP contribution in [-0.2, 0) is 0 Å². The zero-order chi connectivity index (χ0) is 13.2. The van der Waals surface area contributed by atoms with Crippen molar-refractivity contribution in [2.45, 2.75) is 32.1 Å². The summed E-state index contributed by atoms with van der Waals surface area (Å²) in [5.74, 6) is 1.81. The first-order valence-corrected chi connectivity index (χ1v) is 7.32. The third-order valence-electron chi connectivity index (χ3n) is 4.81. The second kappa shape index (κ2) is 5.13. The molecule has 1 aromatic rings. The summed E-state index contributed by atoms with van der Waals surface area (Å²) in [6.07, 6.45) is 6.93. The molecule has 0 bridgehead atoms. The van der Waals surface area contributed by atoms with Gasteiger partial charge in [-0.25, -0.2) is 0 Å². The van der Waals surface area contributed by atoms with Gasteiger partial charge in [-0.15, -0.1) is 0 Å². The fourth-order valence-corrected chi connectivity index (χ4v) is 3.68. The molecule has 0 spiro atoms. The van der Waals surface area contributed by atoms with Gasteiger partial charge in [0, 0.05) is 18.8 Å². The molecule has 1 saturated heterocycles. The number of fused-ring (bicyclic) bond motifs is 1. The number of hydrogen-bond donors (Lipinski definition) is 1. The van der Waals surface area contributed by atoms with E-state index in [2.05, 4.69) is 11.0 Å². The molecule has 0 amide bonds. The van der Waals surface area contributed by atoms with Crippen molar-refractivity contribution in [3.05, 3.63) is 23.8 Å². The molecule has 0 aromatic heterocycles. The molecule has 1 saturated carbocycles. The third kappa shape index (κ3) is 2.40. The van der Waals surface area contributed by atoms with E-state index in [-0.39, 0.29) is 0 Å². The van der Waals surface area contributed by atoms with E-state index in [1.165, 1.54) is 37.8 Å². The monoisotopic (exact) mass is 255 g/mol. The highest BCUT2D eigenvalue weighted by Gasteiger charge is 2.31. The molecular formula is C16H21N3. The SMILES string of the molecule is N#Cc1ccc(N2CCC3CCCCC3C2)cc1N. The second-order valence-corrected chi connectivity index (χ2v) is 5.92. The second-order valence-electron chi connectivity index (χ2n) is 5.92. The maximum absolute atomic E-state index is 8.93. The maximum atomic E-state index is 8.93. The van der Waals surface area contributed by atoms with Gasteiger partial charge in [0.1, 0.15) is 6.07 Å². The topological polar surface area (TPSA) is 53.0 Å². The zero-order valence-electron chi connectivity index (χ0n) is 11.3. The summed E-state index contributed by atoms with van der Waals surface area (Å²) >= 11 is 0. The number of rotatable bonds is 1. The number of nitriles is 1. The van der Waals surface area contributed by atoms with Crippen LogP contribution in [0.15, 0.2) is 18.2 Å². The van der Waals surface area contributed by atoms with Crippen molar-refractivity contribution in [2.24, 2.45) is 11.8 Å². The number of nitrogens with two attached hydrogens (primary N) is 1. The molecule has 100 valence electrons. The molecular weight excluding hydrogens is 234 g/mol. The molecule has 3 nitrogen and oxygen atoms in total. The lowest BCUT2D eigenvalue weighted by atomic mass is 9.75. The molecule has 2 N–H and O–H groups in total. The summed E-state index contributed by atoms with van der Waals surface area (Å²) in [5.41, 5.74) is 8.28. The number of piperidine rings is 1. The lowest BCUT2D eigenvalue weighted by Crippen LogP contribution is -2.41. The summed E-state index contributed by atoms with van der Waals surface area (Å²) in [4.78, 5) is 2.45. The molecule has 2 unspecified atom stereocenters. The van der Waals surface area contributed by atoms with E-state index >= 15 is 0 Å². The molecule has 1 aromatic carbocycles. The highest BCUT2D eigenvalue weighted by Crippen LogP contribution is 2.37. The maximum Gasteiger partial charge on any atom is 0.101 e. The first kappa shape index (κ1) is 12.3. The number of benzene rings is 1. The van der Waals surface area contributed by atoms with E-state index in [4.69, 9.17) is 11.0 Å². The molecule has 1 aliphatic heterocycles. The average molecular weight is 255 g/mol. The van der Waals surface area contributed by atoms with Gasteiger partial charge in [0.05, 0.1) is 11.3 Å². The Morgan fingerprint density at radius 3 is 2.68 bits per heavy atom. The molecule has 2 fully saturated rings. The predicted molar refractivity (Wildman–Crippen MR) is 77.8 cm³/mol. The Morgan fingerprint density at radius 1 is 1.16 bits per heavy atom. The van der Waals surface area contributed by atoms with Crippen LogP contribution in [0.3, 0.4) is 0 Å². The Bertz CT molecular complexity index is 503. The van der Waals surface area contributed by atoms with Crippen LogP contribution in [0.1, 0.15) is 37.7 Å². The Morgan fingerprint density at radius 2 is 1.95 bits per heavy atom. The number of hydrogen-bond acceptors (Lipinski definition) is 3. The van der Waals surface area contributed by atoms with Crippen LogP contribution in [0, 0.1) is 23.2 Å². The van der Waals surface area contributed by atoms with Crippen molar-refractivity contribution in [3.8, 4) is 6.07 Å². The lowest BCUT2D eigenvalue weighted by molar-refractivity contribution is 0.202. The molecule has 2 atom stereocenters. The van der Waals surface area contributed by atoms with Crippen molar-refractivity contribution in [1.29, 1.82) is 5.26 Å². The molecule has 1 heterocycles. The van der Waals surface area contributed by atoms with Gasteiger partial charge in [0.2, 0.25) is 0 Å². The minimum atomic E-state index is 0.580. The minimum absolute atomic E-state index is 0.580. The van der Waals surface area contributed by atoms with Gasteiger partial charge >= 0.3 is 0 Å². The predicted octanol–water partition coefficient (Wildman–Crippen LogP) is 3.16. The molecule has 3 heteroatoms. The highest BCUT2D eigenvalue weighted by atomic mass is 15.1. The smallest absolute Gasteiger partial charge is 0.101 e. The zero-order valence-corrected chi connectivity index (χ0v) is 11.3. The average Bonchev–Trinajstić information content (AvgIpc) is 2.46. The Hall–Kier alpha value is -1.69. The largest absolute Gasteiger partial charge is 0.398 e. The van der Waals surface area contributed by atoms with E-state index < -0.39 is 0 Å². The molecule has 2 aliphatic rings. The van der Waals surface area contributed by atoms with Gasteiger partial charge in [-0.3, -0.25) is 0 Å². The van der Waals surface area contributed by atoms with Crippen LogP contribution >= 0.6 is 0 Å². The first-order valence-electron chi connectivity index (χ1n) is 7.32. The normalized spacial score (nSPS) is 26.6. The van der Waals surface area contributed by atoms with E-state index in [1.807, 2.05) is 18.2 Å². The number of nitrogens with zero attached hydrogens (tertiary/aromatic N) is 2. The summed E-state index contributed by atoms with van der Waals surface area (Å²) in [6, 6.07) is 7.97.